The fourth-order valence-electron chi connectivity index (χ4n) is 1.03. The molecule has 0 saturated carbocycles. The number of amides is 1. The Bertz CT molecular complexity index is 370. The van der Waals surface area contributed by atoms with E-state index >= 15 is 0 Å². The van der Waals surface area contributed by atoms with E-state index < -0.39 is 5.82 Å². The fourth-order valence-corrected chi connectivity index (χ4v) is 1.61. The lowest BCUT2D eigenvalue weighted by atomic mass is 10.2. The van der Waals surface area contributed by atoms with E-state index in [4.69, 9.17) is 5.73 Å². The summed E-state index contributed by atoms with van der Waals surface area (Å²) in [5.41, 5.74) is 5.72. The number of nitrogens with two attached hydrogens (primary N) is 1. The van der Waals surface area contributed by atoms with E-state index in [1.807, 2.05) is 22.6 Å². The van der Waals surface area contributed by atoms with Crippen LogP contribution in [0.2, 0.25) is 0 Å². The van der Waals surface area contributed by atoms with Crippen LogP contribution in [0.25, 0.3) is 0 Å². The average Bonchev–Trinajstić information content (AvgIpc) is 2.21. The van der Waals surface area contributed by atoms with Crippen LogP contribution in [-0.2, 0) is 0 Å². The van der Waals surface area contributed by atoms with Gasteiger partial charge >= 0.3 is 0 Å². The lowest BCUT2D eigenvalue weighted by molar-refractivity contribution is 0.0940. The summed E-state index contributed by atoms with van der Waals surface area (Å²) in [5.74, 6) is -0.710. The van der Waals surface area contributed by atoms with Gasteiger partial charge in [-0.05, 0) is 47.7 Å². The summed E-state index contributed by atoms with van der Waals surface area (Å²) >= 11 is 1.99. The van der Waals surface area contributed by atoms with Crippen LogP contribution in [0.4, 0.5) is 4.39 Å². The first-order chi connectivity index (χ1) is 7.04. The zero-order chi connectivity index (χ0) is 11.4. The first-order valence-electron chi connectivity index (χ1n) is 4.50. The molecule has 1 amide bonds. The second-order valence-electron chi connectivity index (χ2n) is 3.23. The van der Waals surface area contributed by atoms with Crippen molar-refractivity contribution < 1.29 is 9.18 Å². The molecule has 0 heterocycles. The standard InChI is InChI=1S/C10H12FIN2O/c1-6(5-13)14-10(15)8-4-7(11)2-3-9(8)12/h2-4,6H,5,13H2,1H3,(H,14,15)/t6-/m0/s1. The van der Waals surface area contributed by atoms with E-state index in [-0.39, 0.29) is 11.9 Å². The zero-order valence-electron chi connectivity index (χ0n) is 8.26. The number of hydrogen-bond donors (Lipinski definition) is 2. The van der Waals surface area contributed by atoms with Gasteiger partial charge in [0.15, 0.2) is 0 Å². The molecule has 3 nitrogen and oxygen atoms in total. The van der Waals surface area contributed by atoms with Gasteiger partial charge in [0.2, 0.25) is 0 Å². The number of rotatable bonds is 3. The zero-order valence-corrected chi connectivity index (χ0v) is 10.4. The molecule has 0 aromatic heterocycles. The Kier molecular flexibility index (Phi) is 4.46. The lowest BCUT2D eigenvalue weighted by Crippen LogP contribution is -2.38. The summed E-state index contributed by atoms with van der Waals surface area (Å²) in [6, 6.07) is 4.00. The fraction of sp³-hybridized carbons (Fsp3) is 0.300. The van der Waals surface area contributed by atoms with Gasteiger partial charge < -0.3 is 11.1 Å². The predicted octanol–water partition coefficient (Wildman–Crippen LogP) is 1.51. The molecule has 1 atom stereocenters. The maximum atomic E-state index is 12.9. The van der Waals surface area contributed by atoms with Crippen molar-refractivity contribution in [2.45, 2.75) is 13.0 Å². The van der Waals surface area contributed by atoms with Gasteiger partial charge in [-0.15, -0.1) is 0 Å². The minimum Gasteiger partial charge on any atom is -0.348 e. The highest BCUT2D eigenvalue weighted by atomic mass is 127. The Morgan fingerprint density at radius 1 is 1.67 bits per heavy atom. The van der Waals surface area contributed by atoms with Crippen molar-refractivity contribution >= 4 is 28.5 Å². The Hall–Kier alpha value is -0.690. The molecule has 0 aliphatic carbocycles. The van der Waals surface area contributed by atoms with Crippen LogP contribution < -0.4 is 11.1 Å². The summed E-state index contributed by atoms with van der Waals surface area (Å²) in [6.07, 6.45) is 0. The maximum absolute atomic E-state index is 12.9. The topological polar surface area (TPSA) is 55.1 Å². The van der Waals surface area contributed by atoms with Gasteiger partial charge in [0.05, 0.1) is 5.56 Å². The Morgan fingerprint density at radius 3 is 2.93 bits per heavy atom. The molecule has 5 heteroatoms. The summed E-state index contributed by atoms with van der Waals surface area (Å²) in [4.78, 5) is 11.6. The highest BCUT2D eigenvalue weighted by molar-refractivity contribution is 14.1. The number of carbonyl (C=O) groups excluding carboxylic acids is 1. The van der Waals surface area contributed by atoms with E-state index in [1.54, 1.807) is 13.0 Å². The quantitative estimate of drug-likeness (QED) is 0.829. The third-order valence-corrected chi connectivity index (χ3v) is 2.84. The second kappa shape index (κ2) is 5.41. The minimum atomic E-state index is -0.416. The van der Waals surface area contributed by atoms with E-state index in [1.165, 1.54) is 12.1 Å². The lowest BCUT2D eigenvalue weighted by Gasteiger charge is -2.12. The summed E-state index contributed by atoms with van der Waals surface area (Å²) in [7, 11) is 0. The van der Waals surface area contributed by atoms with Crippen molar-refractivity contribution in [2.24, 2.45) is 5.73 Å². The normalized spacial score (nSPS) is 12.3. The molecule has 0 aliphatic rings. The molecule has 3 N–H and O–H groups in total. The van der Waals surface area contributed by atoms with Crippen LogP contribution in [0.1, 0.15) is 17.3 Å². The number of carbonyl (C=O) groups is 1. The predicted molar refractivity (Wildman–Crippen MR) is 65.1 cm³/mol. The molecule has 0 radical (unpaired) electrons. The summed E-state index contributed by atoms with van der Waals surface area (Å²) in [6.45, 7) is 2.15. The van der Waals surface area contributed by atoms with Crippen molar-refractivity contribution in [1.82, 2.24) is 5.32 Å². The van der Waals surface area contributed by atoms with Crippen molar-refractivity contribution in [3.8, 4) is 0 Å². The molecule has 1 rings (SSSR count). The van der Waals surface area contributed by atoms with E-state index in [2.05, 4.69) is 5.32 Å². The van der Waals surface area contributed by atoms with Crippen LogP contribution in [-0.4, -0.2) is 18.5 Å². The molecule has 0 spiro atoms. The van der Waals surface area contributed by atoms with E-state index in [9.17, 15) is 9.18 Å². The third-order valence-electron chi connectivity index (χ3n) is 1.90. The number of hydrogen-bond acceptors (Lipinski definition) is 2. The molecule has 1 aromatic rings. The number of benzene rings is 1. The van der Waals surface area contributed by atoms with Gasteiger partial charge in [0.1, 0.15) is 5.82 Å². The molecule has 0 aliphatic heterocycles. The Labute approximate surface area is 101 Å². The first kappa shape index (κ1) is 12.4. The highest BCUT2D eigenvalue weighted by Crippen LogP contribution is 2.13. The highest BCUT2D eigenvalue weighted by Gasteiger charge is 2.12. The van der Waals surface area contributed by atoms with Gasteiger partial charge in [0, 0.05) is 16.2 Å². The molecular formula is C10H12FIN2O. The van der Waals surface area contributed by atoms with E-state index in [0.29, 0.717) is 12.1 Å². The number of halogens is 2. The minimum absolute atomic E-state index is 0.114. The van der Waals surface area contributed by atoms with Crippen molar-refractivity contribution in [3.63, 3.8) is 0 Å². The molecule has 0 saturated heterocycles. The van der Waals surface area contributed by atoms with Crippen LogP contribution in [0.15, 0.2) is 18.2 Å². The molecule has 82 valence electrons. The average molecular weight is 322 g/mol. The van der Waals surface area contributed by atoms with Crippen LogP contribution in [0.3, 0.4) is 0 Å². The van der Waals surface area contributed by atoms with Crippen LogP contribution in [0.5, 0.6) is 0 Å². The molecule has 0 fully saturated rings. The van der Waals surface area contributed by atoms with E-state index in [0.717, 1.165) is 3.57 Å². The molecular weight excluding hydrogens is 310 g/mol. The summed E-state index contributed by atoms with van der Waals surface area (Å²) in [5, 5.41) is 2.68. The van der Waals surface area contributed by atoms with Crippen molar-refractivity contribution in [1.29, 1.82) is 0 Å². The van der Waals surface area contributed by atoms with Gasteiger partial charge in [-0.2, -0.15) is 0 Å². The third kappa shape index (κ3) is 3.42. The molecule has 15 heavy (non-hydrogen) atoms. The molecule has 0 unspecified atom stereocenters. The van der Waals surface area contributed by atoms with Gasteiger partial charge in [0.25, 0.3) is 5.91 Å². The van der Waals surface area contributed by atoms with Gasteiger partial charge in [-0.1, -0.05) is 0 Å². The summed E-state index contributed by atoms with van der Waals surface area (Å²) < 4.78 is 13.6. The van der Waals surface area contributed by atoms with Gasteiger partial charge in [-0.3, -0.25) is 4.79 Å². The van der Waals surface area contributed by atoms with Crippen molar-refractivity contribution in [3.05, 3.63) is 33.1 Å². The first-order valence-corrected chi connectivity index (χ1v) is 5.58. The van der Waals surface area contributed by atoms with Crippen LogP contribution in [0, 0.1) is 9.39 Å². The van der Waals surface area contributed by atoms with Gasteiger partial charge in [-0.25, -0.2) is 4.39 Å². The SMILES string of the molecule is C[C@@H](CN)NC(=O)c1cc(F)ccc1I. The second-order valence-corrected chi connectivity index (χ2v) is 4.40. The smallest absolute Gasteiger partial charge is 0.252 e. The largest absolute Gasteiger partial charge is 0.348 e. The number of nitrogens with one attached hydrogen (secondary N) is 1. The Balaban J connectivity index is 2.86. The molecule has 0 bridgehead atoms. The maximum Gasteiger partial charge on any atom is 0.252 e. The molecule has 1 aromatic carbocycles. The van der Waals surface area contributed by atoms with Crippen LogP contribution >= 0.6 is 22.6 Å². The monoisotopic (exact) mass is 322 g/mol. The Morgan fingerprint density at radius 2 is 2.33 bits per heavy atom. The van der Waals surface area contributed by atoms with Crippen molar-refractivity contribution in [2.75, 3.05) is 6.54 Å².